The molecule has 17 heavy (non-hydrogen) atoms. The monoisotopic (exact) mass is 236 g/mol. The molecule has 1 heterocycles. The van der Waals surface area contributed by atoms with Crippen LogP contribution < -0.4 is 5.32 Å². The van der Waals surface area contributed by atoms with E-state index in [9.17, 15) is 0 Å². The average molecular weight is 236 g/mol. The van der Waals surface area contributed by atoms with Crippen LogP contribution in [0.4, 0.5) is 0 Å². The average Bonchev–Trinajstić information content (AvgIpc) is 2.51. The number of unbranched alkanes of at least 4 members (excludes halogenated alkanes) is 1. The molecule has 0 aliphatic heterocycles. The van der Waals surface area contributed by atoms with E-state index in [2.05, 4.69) is 50.7 Å². The zero-order chi connectivity index (χ0) is 12.8. The molecule has 1 rings (SSSR count). The lowest BCUT2D eigenvalue weighted by atomic mass is 10.1. The Morgan fingerprint density at radius 2 is 1.94 bits per heavy atom. The predicted molar refractivity (Wildman–Crippen MR) is 75.3 cm³/mol. The molecule has 0 aromatic carbocycles. The van der Waals surface area contributed by atoms with Crippen LogP contribution in [0.2, 0.25) is 0 Å². The zero-order valence-electron chi connectivity index (χ0n) is 12.1. The molecule has 1 N–H and O–H groups in total. The molecular formula is C15H28N2. The van der Waals surface area contributed by atoms with Gasteiger partial charge < -0.3 is 9.88 Å². The van der Waals surface area contributed by atoms with Gasteiger partial charge >= 0.3 is 0 Å². The van der Waals surface area contributed by atoms with E-state index in [1.54, 1.807) is 0 Å². The molecule has 0 radical (unpaired) electrons. The minimum absolute atomic E-state index is 0.842. The highest BCUT2D eigenvalue weighted by Gasteiger charge is 2.04. The molecule has 1 aromatic heterocycles. The Hall–Kier alpha value is -0.760. The minimum atomic E-state index is 0.842. The number of nitrogens with zero attached hydrogens (tertiary/aromatic N) is 1. The van der Waals surface area contributed by atoms with Gasteiger partial charge in [0.15, 0.2) is 0 Å². The van der Waals surface area contributed by atoms with Gasteiger partial charge in [0.2, 0.25) is 0 Å². The molecule has 98 valence electrons. The topological polar surface area (TPSA) is 17.0 Å². The number of hydrogen-bond acceptors (Lipinski definition) is 1. The van der Waals surface area contributed by atoms with Crippen LogP contribution in [0.5, 0.6) is 0 Å². The second kappa shape index (κ2) is 6.85. The number of hydrogen-bond donors (Lipinski definition) is 1. The number of rotatable bonds is 7. The lowest BCUT2D eigenvalue weighted by Crippen LogP contribution is -2.15. The normalized spacial score (nSPS) is 11.4. The van der Waals surface area contributed by atoms with E-state index in [-0.39, 0.29) is 0 Å². The molecule has 0 atom stereocenters. The lowest BCUT2D eigenvalue weighted by Gasteiger charge is -2.06. The highest BCUT2D eigenvalue weighted by Crippen LogP contribution is 2.12. The molecule has 0 unspecified atom stereocenters. The van der Waals surface area contributed by atoms with Crippen molar-refractivity contribution in [3.05, 3.63) is 23.0 Å². The van der Waals surface area contributed by atoms with Crippen molar-refractivity contribution in [1.82, 2.24) is 9.88 Å². The van der Waals surface area contributed by atoms with E-state index < -0.39 is 0 Å². The van der Waals surface area contributed by atoms with Crippen molar-refractivity contribution in [2.45, 2.75) is 53.5 Å². The van der Waals surface area contributed by atoms with Crippen LogP contribution in [0.1, 0.15) is 50.1 Å². The second-order valence-corrected chi connectivity index (χ2v) is 5.52. The molecule has 0 saturated heterocycles. The maximum absolute atomic E-state index is 3.54. The second-order valence-electron chi connectivity index (χ2n) is 5.52. The third kappa shape index (κ3) is 4.55. The molecule has 0 saturated carbocycles. The van der Waals surface area contributed by atoms with Gasteiger partial charge in [-0.1, -0.05) is 26.7 Å². The third-order valence-electron chi connectivity index (χ3n) is 3.58. The minimum Gasteiger partial charge on any atom is -0.352 e. The first kappa shape index (κ1) is 14.3. The lowest BCUT2D eigenvalue weighted by molar-refractivity contribution is 0.520. The van der Waals surface area contributed by atoms with Gasteiger partial charge in [0, 0.05) is 25.0 Å². The number of aromatic nitrogens is 1. The smallest absolute Gasteiger partial charge is 0.0223 e. The molecule has 0 spiro atoms. The number of nitrogens with one attached hydrogen (secondary N) is 1. The van der Waals surface area contributed by atoms with Gasteiger partial charge in [-0.05, 0) is 44.4 Å². The maximum Gasteiger partial charge on any atom is 0.0223 e. The van der Waals surface area contributed by atoms with Crippen molar-refractivity contribution in [2.24, 2.45) is 13.0 Å². The van der Waals surface area contributed by atoms with Crippen LogP contribution in [0.25, 0.3) is 0 Å². The molecule has 1 aromatic rings. The first-order valence-corrected chi connectivity index (χ1v) is 6.85. The summed E-state index contributed by atoms with van der Waals surface area (Å²) in [5, 5.41) is 3.54. The van der Waals surface area contributed by atoms with Crippen molar-refractivity contribution in [3.63, 3.8) is 0 Å². The fourth-order valence-corrected chi connectivity index (χ4v) is 2.14. The van der Waals surface area contributed by atoms with Crippen molar-refractivity contribution in [2.75, 3.05) is 6.54 Å². The first-order chi connectivity index (χ1) is 8.02. The van der Waals surface area contributed by atoms with Crippen LogP contribution in [0, 0.1) is 19.8 Å². The van der Waals surface area contributed by atoms with Gasteiger partial charge in [0.05, 0.1) is 0 Å². The Morgan fingerprint density at radius 1 is 1.24 bits per heavy atom. The molecule has 0 aliphatic rings. The van der Waals surface area contributed by atoms with E-state index in [4.69, 9.17) is 0 Å². The molecule has 0 aliphatic carbocycles. The van der Waals surface area contributed by atoms with Crippen molar-refractivity contribution in [1.29, 1.82) is 0 Å². The van der Waals surface area contributed by atoms with Gasteiger partial charge in [0.1, 0.15) is 0 Å². The Bertz CT molecular complexity index is 337. The van der Waals surface area contributed by atoms with Gasteiger partial charge in [-0.15, -0.1) is 0 Å². The van der Waals surface area contributed by atoms with Gasteiger partial charge in [-0.25, -0.2) is 0 Å². The summed E-state index contributed by atoms with van der Waals surface area (Å²) in [5.74, 6) is 0.842. The van der Waals surface area contributed by atoms with Crippen LogP contribution in [0.3, 0.4) is 0 Å². The summed E-state index contributed by atoms with van der Waals surface area (Å²) >= 11 is 0. The Labute approximate surface area is 106 Å². The number of aryl methyl sites for hydroxylation is 1. The summed E-state index contributed by atoms with van der Waals surface area (Å²) in [7, 11) is 2.14. The van der Waals surface area contributed by atoms with Gasteiger partial charge in [-0.3, -0.25) is 0 Å². The SMILES string of the molecule is Cc1cc(CNCCCCC(C)C)c(C)n1C. The Kier molecular flexibility index (Phi) is 5.76. The first-order valence-electron chi connectivity index (χ1n) is 6.85. The highest BCUT2D eigenvalue weighted by molar-refractivity contribution is 5.26. The summed E-state index contributed by atoms with van der Waals surface area (Å²) in [6.07, 6.45) is 3.99. The van der Waals surface area contributed by atoms with Crippen molar-refractivity contribution >= 4 is 0 Å². The predicted octanol–water partition coefficient (Wildman–Crippen LogP) is 3.56. The summed E-state index contributed by atoms with van der Waals surface area (Å²) in [5.41, 5.74) is 4.17. The quantitative estimate of drug-likeness (QED) is 0.716. The van der Waals surface area contributed by atoms with Crippen LogP contribution >= 0.6 is 0 Å². The fourth-order valence-electron chi connectivity index (χ4n) is 2.14. The summed E-state index contributed by atoms with van der Waals surface area (Å²) in [6, 6.07) is 2.29. The standard InChI is InChI=1S/C15H28N2/c1-12(2)8-6-7-9-16-11-15-10-13(3)17(5)14(15)4/h10,12,16H,6-9,11H2,1-5H3. The Balaban J connectivity index is 2.20. The van der Waals surface area contributed by atoms with E-state index in [1.165, 1.54) is 36.2 Å². The van der Waals surface area contributed by atoms with Crippen molar-refractivity contribution < 1.29 is 0 Å². The molecule has 2 heteroatoms. The van der Waals surface area contributed by atoms with E-state index in [0.29, 0.717) is 0 Å². The fraction of sp³-hybridized carbons (Fsp3) is 0.733. The van der Waals surface area contributed by atoms with E-state index >= 15 is 0 Å². The molecule has 0 amide bonds. The summed E-state index contributed by atoms with van der Waals surface area (Å²) < 4.78 is 2.26. The highest BCUT2D eigenvalue weighted by atomic mass is 15.0. The maximum atomic E-state index is 3.54. The molecule has 0 bridgehead atoms. The summed E-state index contributed by atoms with van der Waals surface area (Å²) in [6.45, 7) is 11.1. The van der Waals surface area contributed by atoms with Crippen molar-refractivity contribution in [3.8, 4) is 0 Å². The van der Waals surface area contributed by atoms with Crippen LogP contribution in [-0.4, -0.2) is 11.1 Å². The summed E-state index contributed by atoms with van der Waals surface area (Å²) in [4.78, 5) is 0. The van der Waals surface area contributed by atoms with Crippen LogP contribution in [0.15, 0.2) is 6.07 Å². The van der Waals surface area contributed by atoms with Gasteiger partial charge in [0.25, 0.3) is 0 Å². The molecule has 2 nitrogen and oxygen atoms in total. The third-order valence-corrected chi connectivity index (χ3v) is 3.58. The molecular weight excluding hydrogens is 208 g/mol. The van der Waals surface area contributed by atoms with Gasteiger partial charge in [-0.2, -0.15) is 0 Å². The Morgan fingerprint density at radius 3 is 2.47 bits per heavy atom. The van der Waals surface area contributed by atoms with E-state index in [1.807, 2.05) is 0 Å². The molecule has 0 fully saturated rings. The van der Waals surface area contributed by atoms with E-state index in [0.717, 1.165) is 19.0 Å². The zero-order valence-corrected chi connectivity index (χ0v) is 12.1. The largest absolute Gasteiger partial charge is 0.352 e. The van der Waals surface area contributed by atoms with Crippen LogP contribution in [-0.2, 0) is 13.6 Å².